The van der Waals surface area contributed by atoms with Crippen LogP contribution in [0.5, 0.6) is 0 Å². The number of nitrogens with one attached hydrogen (secondary N) is 1. The summed E-state index contributed by atoms with van der Waals surface area (Å²) in [5.74, 6) is 0. The molecule has 0 unspecified atom stereocenters. The molecule has 0 radical (unpaired) electrons. The molecule has 2 aromatic rings. The molecule has 1 aromatic heterocycles. The Kier molecular flexibility index (Phi) is 1.32. The second-order valence-electron chi connectivity index (χ2n) is 2.47. The van der Waals surface area contributed by atoms with Crippen LogP contribution in [0.3, 0.4) is 0 Å². The fourth-order valence-corrected chi connectivity index (χ4v) is 1.28. The van der Waals surface area contributed by atoms with Crippen molar-refractivity contribution in [3.8, 4) is 0 Å². The summed E-state index contributed by atoms with van der Waals surface area (Å²) in [6.07, 6.45) is 2.02. The second-order valence-corrected chi connectivity index (χ2v) is 2.47. The van der Waals surface area contributed by atoms with E-state index in [9.17, 15) is 0 Å². The molecule has 0 aliphatic rings. The van der Waals surface area contributed by atoms with Gasteiger partial charge in [0.25, 0.3) is 0 Å². The van der Waals surface area contributed by atoms with E-state index in [1.807, 2.05) is 30.1 Å². The third-order valence-corrected chi connectivity index (χ3v) is 1.84. The predicted octanol–water partition coefficient (Wildman–Crippen LogP) is 1.81. The number of hydrogen-bond acceptors (Lipinski definition) is 1. The zero-order valence-corrected chi connectivity index (χ0v) is 6.41. The lowest BCUT2D eigenvalue weighted by atomic mass is 10.3. The zero-order valence-electron chi connectivity index (χ0n) is 6.41. The lowest BCUT2D eigenvalue weighted by molar-refractivity contribution is 0.976. The smallest absolute Gasteiger partial charge is 0.0692 e. The molecule has 1 heterocycles. The summed E-state index contributed by atoms with van der Waals surface area (Å²) in [6.45, 7) is 0. The minimum atomic E-state index is 1.22. The molecule has 0 fully saturated rings. The summed E-state index contributed by atoms with van der Waals surface area (Å²) in [6, 6.07) is 10.4. The lowest BCUT2D eigenvalue weighted by Crippen LogP contribution is -2.05. The first-order valence-electron chi connectivity index (χ1n) is 3.65. The Morgan fingerprint density at radius 1 is 1.18 bits per heavy atom. The van der Waals surface area contributed by atoms with Gasteiger partial charge in [-0.1, -0.05) is 18.2 Å². The van der Waals surface area contributed by atoms with Crippen molar-refractivity contribution in [3.05, 3.63) is 36.5 Å². The second kappa shape index (κ2) is 2.31. The van der Waals surface area contributed by atoms with E-state index < -0.39 is 0 Å². The van der Waals surface area contributed by atoms with Crippen molar-refractivity contribution < 1.29 is 0 Å². The summed E-state index contributed by atoms with van der Waals surface area (Å²) >= 11 is 0. The number of aromatic nitrogens is 1. The van der Waals surface area contributed by atoms with Crippen LogP contribution in [0, 0.1) is 0 Å². The molecular weight excluding hydrogens is 136 g/mol. The maximum absolute atomic E-state index is 3.07. The highest BCUT2D eigenvalue weighted by Crippen LogP contribution is 2.12. The Morgan fingerprint density at radius 2 is 2.00 bits per heavy atom. The van der Waals surface area contributed by atoms with Gasteiger partial charge in [0, 0.05) is 18.6 Å². The third-order valence-electron chi connectivity index (χ3n) is 1.84. The van der Waals surface area contributed by atoms with Crippen LogP contribution in [0.25, 0.3) is 10.9 Å². The molecule has 1 aromatic carbocycles. The fraction of sp³-hybridized carbons (Fsp3) is 0.111. The summed E-state index contributed by atoms with van der Waals surface area (Å²) in [5, 5.41) is 1.27. The van der Waals surface area contributed by atoms with Crippen molar-refractivity contribution in [1.82, 2.24) is 4.68 Å². The molecule has 0 atom stereocenters. The van der Waals surface area contributed by atoms with Gasteiger partial charge in [0.1, 0.15) is 0 Å². The largest absolute Gasteiger partial charge is 0.329 e. The van der Waals surface area contributed by atoms with E-state index in [-0.39, 0.29) is 0 Å². The van der Waals surface area contributed by atoms with E-state index in [0.717, 1.165) is 0 Å². The van der Waals surface area contributed by atoms with Gasteiger partial charge in [-0.3, -0.25) is 4.68 Å². The molecule has 0 aliphatic heterocycles. The monoisotopic (exact) mass is 146 g/mol. The lowest BCUT2D eigenvalue weighted by Gasteiger charge is -2.01. The van der Waals surface area contributed by atoms with Crippen molar-refractivity contribution >= 4 is 10.9 Å². The van der Waals surface area contributed by atoms with Crippen molar-refractivity contribution in [1.29, 1.82) is 0 Å². The molecule has 0 spiro atoms. The first-order chi connectivity index (χ1) is 5.42. The number of hydrogen-bond donors (Lipinski definition) is 1. The summed E-state index contributed by atoms with van der Waals surface area (Å²) < 4.78 is 2.00. The SMILES string of the molecule is CNn1ccc2ccccc21. The highest BCUT2D eigenvalue weighted by Gasteiger charge is 1.94. The molecule has 0 amide bonds. The zero-order chi connectivity index (χ0) is 7.68. The van der Waals surface area contributed by atoms with Crippen LogP contribution in [-0.4, -0.2) is 11.7 Å². The molecule has 2 rings (SSSR count). The van der Waals surface area contributed by atoms with Crippen LogP contribution in [0.2, 0.25) is 0 Å². The maximum atomic E-state index is 3.07. The third kappa shape index (κ3) is 0.871. The van der Waals surface area contributed by atoms with Crippen LogP contribution in [-0.2, 0) is 0 Å². The summed E-state index contributed by atoms with van der Waals surface area (Å²) in [7, 11) is 1.91. The number of para-hydroxylation sites is 1. The Hall–Kier alpha value is -1.44. The van der Waals surface area contributed by atoms with Crippen molar-refractivity contribution in [2.75, 3.05) is 12.5 Å². The van der Waals surface area contributed by atoms with Crippen LogP contribution < -0.4 is 5.43 Å². The van der Waals surface area contributed by atoms with Gasteiger partial charge in [-0.05, 0) is 12.1 Å². The van der Waals surface area contributed by atoms with Crippen LogP contribution >= 0.6 is 0 Å². The van der Waals surface area contributed by atoms with E-state index in [2.05, 4.69) is 23.6 Å². The van der Waals surface area contributed by atoms with E-state index >= 15 is 0 Å². The van der Waals surface area contributed by atoms with Crippen molar-refractivity contribution in [2.45, 2.75) is 0 Å². The molecule has 0 saturated heterocycles. The summed E-state index contributed by atoms with van der Waals surface area (Å²) in [4.78, 5) is 0. The highest BCUT2D eigenvalue weighted by molar-refractivity contribution is 5.80. The minimum Gasteiger partial charge on any atom is -0.329 e. The molecule has 1 N–H and O–H groups in total. The first kappa shape index (κ1) is 6.28. The normalized spacial score (nSPS) is 10.3. The average molecular weight is 146 g/mol. The van der Waals surface area contributed by atoms with E-state index in [1.54, 1.807) is 0 Å². The first-order valence-corrected chi connectivity index (χ1v) is 3.65. The van der Waals surface area contributed by atoms with Crippen LogP contribution in [0.15, 0.2) is 36.5 Å². The quantitative estimate of drug-likeness (QED) is 0.649. The standard InChI is InChI=1S/C9H10N2/c1-10-11-7-6-8-4-2-3-5-9(8)11/h2-7,10H,1H3. The topological polar surface area (TPSA) is 17.0 Å². The molecule has 2 nitrogen and oxygen atoms in total. The maximum Gasteiger partial charge on any atom is 0.0692 e. The minimum absolute atomic E-state index is 1.22. The molecular formula is C9H10N2. The Labute approximate surface area is 65.4 Å². The molecule has 0 saturated carbocycles. The fourth-order valence-electron chi connectivity index (χ4n) is 1.28. The van der Waals surface area contributed by atoms with Crippen LogP contribution in [0.1, 0.15) is 0 Å². The van der Waals surface area contributed by atoms with Gasteiger partial charge in [-0.25, -0.2) is 0 Å². The van der Waals surface area contributed by atoms with Crippen molar-refractivity contribution in [3.63, 3.8) is 0 Å². The van der Waals surface area contributed by atoms with Gasteiger partial charge in [0.15, 0.2) is 0 Å². The number of fused-ring (bicyclic) bond motifs is 1. The molecule has 11 heavy (non-hydrogen) atoms. The molecule has 0 aliphatic carbocycles. The van der Waals surface area contributed by atoms with Gasteiger partial charge in [0.05, 0.1) is 5.52 Å². The Bertz CT molecular complexity index is 362. The van der Waals surface area contributed by atoms with Gasteiger partial charge in [-0.15, -0.1) is 0 Å². The van der Waals surface area contributed by atoms with E-state index in [0.29, 0.717) is 0 Å². The molecule has 2 heteroatoms. The average Bonchev–Trinajstić information content (AvgIpc) is 2.47. The molecule has 56 valence electrons. The number of rotatable bonds is 1. The van der Waals surface area contributed by atoms with Crippen molar-refractivity contribution in [2.24, 2.45) is 0 Å². The van der Waals surface area contributed by atoms with Gasteiger partial charge in [-0.2, -0.15) is 0 Å². The summed E-state index contributed by atoms with van der Waals surface area (Å²) in [5.41, 5.74) is 4.28. The van der Waals surface area contributed by atoms with Gasteiger partial charge >= 0.3 is 0 Å². The number of benzene rings is 1. The van der Waals surface area contributed by atoms with Gasteiger partial charge in [0.2, 0.25) is 0 Å². The van der Waals surface area contributed by atoms with E-state index in [4.69, 9.17) is 0 Å². The Balaban J connectivity index is 2.76. The van der Waals surface area contributed by atoms with E-state index in [1.165, 1.54) is 10.9 Å². The van der Waals surface area contributed by atoms with Crippen LogP contribution in [0.4, 0.5) is 0 Å². The highest BCUT2D eigenvalue weighted by atomic mass is 15.4. The number of nitrogens with zero attached hydrogens (tertiary/aromatic N) is 1. The molecule has 0 bridgehead atoms. The Morgan fingerprint density at radius 3 is 2.82 bits per heavy atom. The predicted molar refractivity (Wildman–Crippen MR) is 47.2 cm³/mol. The van der Waals surface area contributed by atoms with Gasteiger partial charge < -0.3 is 5.43 Å².